The second-order valence-electron chi connectivity index (χ2n) is 13.3. The second kappa shape index (κ2) is 18.5. The van der Waals surface area contributed by atoms with Crippen LogP contribution in [0.2, 0.25) is 0 Å². The predicted molar refractivity (Wildman–Crippen MR) is 184 cm³/mol. The van der Waals surface area contributed by atoms with E-state index in [2.05, 4.69) is 0 Å². The van der Waals surface area contributed by atoms with Crippen LogP contribution in [0.4, 0.5) is 0 Å². The Kier molecular flexibility index (Phi) is 14.3. The highest BCUT2D eigenvalue weighted by Crippen LogP contribution is 2.34. The van der Waals surface area contributed by atoms with E-state index in [4.69, 9.17) is 42.6 Å². The maximum Gasteiger partial charge on any atom is 0.331 e. The predicted octanol–water partition coefficient (Wildman–Crippen LogP) is -1.94. The highest BCUT2D eigenvalue weighted by molar-refractivity contribution is 5.87. The smallest absolute Gasteiger partial charge is 0.331 e. The molecule has 3 heterocycles. The van der Waals surface area contributed by atoms with E-state index in [-0.39, 0.29) is 36.0 Å². The first-order chi connectivity index (χ1) is 26.2. The van der Waals surface area contributed by atoms with Crippen LogP contribution in [0, 0.1) is 0 Å². The summed E-state index contributed by atoms with van der Waals surface area (Å²) < 4.78 is 50.7. The molecule has 0 aromatic heterocycles. The Hall–Kier alpha value is -3.67. The molecule has 3 saturated heterocycles. The van der Waals surface area contributed by atoms with Gasteiger partial charge in [0, 0.05) is 6.08 Å². The zero-order valence-electron chi connectivity index (χ0n) is 30.2. The summed E-state index contributed by atoms with van der Waals surface area (Å²) in [4.78, 5) is 13.3. The van der Waals surface area contributed by atoms with Crippen molar-refractivity contribution in [2.45, 2.75) is 92.8 Å². The van der Waals surface area contributed by atoms with E-state index in [1.165, 1.54) is 45.4 Å². The molecule has 3 aliphatic heterocycles. The van der Waals surface area contributed by atoms with Crippen LogP contribution >= 0.6 is 0 Å². The van der Waals surface area contributed by atoms with Crippen LogP contribution in [0.25, 0.3) is 6.08 Å². The summed E-state index contributed by atoms with van der Waals surface area (Å²) in [6, 6.07) is 9.00. The summed E-state index contributed by atoms with van der Waals surface area (Å²) in [7, 11) is 2.76. The molecule has 3 fully saturated rings. The lowest BCUT2D eigenvalue weighted by atomic mass is 9.96. The SMILES string of the molecule is COc1ccc(C=CC(=O)OC2C(COC3OCC(O)(CO)C3O)OC(OCCc3ccc(O)c(OC)c3)C(O)C2OC2OC(C)C(O)C(O)C2O)cc1O. The lowest BCUT2D eigenvalue weighted by Gasteiger charge is -2.46. The number of aromatic hydroxyl groups is 2. The Morgan fingerprint density at radius 1 is 0.855 bits per heavy atom. The monoisotopic (exact) mass is 784 g/mol. The highest BCUT2D eigenvalue weighted by Gasteiger charge is 2.54. The molecule has 3 aliphatic rings. The zero-order chi connectivity index (χ0) is 40.0. The van der Waals surface area contributed by atoms with Crippen molar-refractivity contribution in [3.05, 3.63) is 53.6 Å². The van der Waals surface area contributed by atoms with Crippen LogP contribution < -0.4 is 9.47 Å². The van der Waals surface area contributed by atoms with Gasteiger partial charge in [-0.3, -0.25) is 0 Å². The number of ether oxygens (including phenoxy) is 9. The van der Waals surface area contributed by atoms with Crippen LogP contribution in [0.5, 0.6) is 23.0 Å². The van der Waals surface area contributed by atoms with Gasteiger partial charge < -0.3 is 88.6 Å². The van der Waals surface area contributed by atoms with Crippen molar-refractivity contribution in [2.24, 2.45) is 0 Å². The van der Waals surface area contributed by atoms with Gasteiger partial charge in [0.25, 0.3) is 0 Å². The maximum absolute atomic E-state index is 13.3. The minimum absolute atomic E-state index is 0.0773. The quantitative estimate of drug-likeness (QED) is 0.0701. The molecule has 0 amide bonds. The largest absolute Gasteiger partial charge is 0.504 e. The van der Waals surface area contributed by atoms with Gasteiger partial charge in [-0.1, -0.05) is 12.1 Å². The van der Waals surface area contributed by atoms with E-state index >= 15 is 0 Å². The third kappa shape index (κ3) is 9.84. The Morgan fingerprint density at radius 2 is 1.60 bits per heavy atom. The number of phenolic OH excluding ortho intramolecular Hbond substituents is 2. The number of benzene rings is 2. The topological polar surface area (TPSA) is 282 Å². The average Bonchev–Trinajstić information content (AvgIpc) is 3.46. The van der Waals surface area contributed by atoms with Crippen molar-refractivity contribution in [1.29, 1.82) is 0 Å². The molecule has 55 heavy (non-hydrogen) atoms. The Balaban J connectivity index is 1.42. The molecular formula is C36H48O19. The summed E-state index contributed by atoms with van der Waals surface area (Å²) in [5, 5.41) is 94.0. The molecule has 19 heteroatoms. The Labute approximate surface area is 315 Å². The fourth-order valence-corrected chi connectivity index (χ4v) is 6.19. The summed E-state index contributed by atoms with van der Waals surface area (Å²) in [6.07, 6.45) is -16.4. The fourth-order valence-electron chi connectivity index (χ4n) is 6.19. The number of hydrogen-bond donors (Lipinski definition) is 9. The van der Waals surface area contributed by atoms with Gasteiger partial charge in [0.2, 0.25) is 0 Å². The molecule has 2 aromatic rings. The van der Waals surface area contributed by atoms with Crippen LogP contribution in [-0.2, 0) is 44.4 Å². The number of aliphatic hydroxyl groups is 7. The molecule has 5 rings (SSSR count). The Bertz CT molecular complexity index is 1610. The average molecular weight is 785 g/mol. The molecule has 13 unspecified atom stereocenters. The van der Waals surface area contributed by atoms with Gasteiger partial charge in [0.1, 0.15) is 48.3 Å². The van der Waals surface area contributed by atoms with Gasteiger partial charge in [-0.25, -0.2) is 4.79 Å². The summed E-state index contributed by atoms with van der Waals surface area (Å²) in [5.74, 6) is -0.859. The van der Waals surface area contributed by atoms with Crippen molar-refractivity contribution in [1.82, 2.24) is 0 Å². The van der Waals surface area contributed by atoms with E-state index in [1.54, 1.807) is 18.2 Å². The standard InChI is InChI=1S/C36H48O19/c1-17-26(41)27(42)28(43)34(52-17)55-31-29(44)33(49-11-10-19-4-7-20(38)23(13-19)48-3)53-24(14-50-35-32(45)36(46,15-37)16-51-35)30(31)54-25(40)9-6-18-5-8-22(47-2)21(39)12-18/h4-9,12-13,17,24,26-35,37-39,41-46H,10-11,14-16H2,1-3H3. The van der Waals surface area contributed by atoms with Crippen molar-refractivity contribution >= 4 is 12.0 Å². The number of methoxy groups -OCH3 is 2. The van der Waals surface area contributed by atoms with Crippen LogP contribution in [-0.4, -0.2) is 172 Å². The second-order valence-corrected chi connectivity index (χ2v) is 13.3. The van der Waals surface area contributed by atoms with Gasteiger partial charge >= 0.3 is 5.97 Å². The minimum Gasteiger partial charge on any atom is -0.504 e. The molecule has 0 spiro atoms. The third-order valence-corrected chi connectivity index (χ3v) is 9.50. The van der Waals surface area contributed by atoms with E-state index in [0.717, 1.165) is 6.08 Å². The maximum atomic E-state index is 13.3. The molecule has 19 nitrogen and oxygen atoms in total. The third-order valence-electron chi connectivity index (χ3n) is 9.50. The van der Waals surface area contributed by atoms with Gasteiger partial charge in [-0.2, -0.15) is 0 Å². The van der Waals surface area contributed by atoms with E-state index in [1.807, 2.05) is 0 Å². The summed E-state index contributed by atoms with van der Waals surface area (Å²) >= 11 is 0. The lowest BCUT2D eigenvalue weighted by molar-refractivity contribution is -0.360. The molecule has 0 bridgehead atoms. The first-order valence-corrected chi connectivity index (χ1v) is 17.4. The highest BCUT2D eigenvalue weighted by atomic mass is 16.8. The molecule has 306 valence electrons. The number of hydrogen-bond acceptors (Lipinski definition) is 19. The number of carbonyl (C=O) groups is 1. The number of rotatable bonds is 15. The minimum atomic E-state index is -2.04. The molecular weight excluding hydrogens is 736 g/mol. The van der Waals surface area contributed by atoms with Gasteiger partial charge in [-0.15, -0.1) is 0 Å². The summed E-state index contributed by atoms with van der Waals surface area (Å²) in [6.45, 7) is -0.565. The number of phenols is 2. The lowest BCUT2D eigenvalue weighted by Crippen LogP contribution is -2.65. The molecule has 2 aromatic carbocycles. The zero-order valence-corrected chi connectivity index (χ0v) is 30.2. The van der Waals surface area contributed by atoms with Crippen molar-refractivity contribution in [3.8, 4) is 23.0 Å². The fraction of sp³-hybridized carbons (Fsp3) is 0.583. The van der Waals surface area contributed by atoms with Crippen LogP contribution in [0.15, 0.2) is 42.5 Å². The van der Waals surface area contributed by atoms with Crippen molar-refractivity contribution in [2.75, 3.05) is 40.6 Å². The van der Waals surface area contributed by atoms with Gasteiger partial charge in [-0.05, 0) is 54.8 Å². The van der Waals surface area contributed by atoms with Crippen molar-refractivity contribution < 1.29 is 93.4 Å². The summed E-state index contributed by atoms with van der Waals surface area (Å²) in [5.41, 5.74) is -0.974. The van der Waals surface area contributed by atoms with Crippen LogP contribution in [0.3, 0.4) is 0 Å². The van der Waals surface area contributed by atoms with Crippen molar-refractivity contribution in [3.63, 3.8) is 0 Å². The van der Waals surface area contributed by atoms with Gasteiger partial charge in [0.05, 0.1) is 46.8 Å². The van der Waals surface area contributed by atoms with E-state index in [0.29, 0.717) is 11.1 Å². The molecule has 0 saturated carbocycles. The molecule has 13 atom stereocenters. The first-order valence-electron chi connectivity index (χ1n) is 17.4. The number of carbonyl (C=O) groups excluding carboxylic acids is 1. The van der Waals surface area contributed by atoms with Gasteiger partial charge in [0.15, 0.2) is 48.0 Å². The molecule has 9 N–H and O–H groups in total. The molecule has 0 radical (unpaired) electrons. The Morgan fingerprint density at radius 3 is 2.27 bits per heavy atom. The number of esters is 1. The number of aliphatic hydroxyl groups excluding tert-OH is 6. The van der Waals surface area contributed by atoms with E-state index < -0.39 is 105 Å². The van der Waals surface area contributed by atoms with E-state index in [9.17, 15) is 50.8 Å². The first kappa shape index (κ1) is 42.5. The van der Waals surface area contributed by atoms with Crippen LogP contribution in [0.1, 0.15) is 18.1 Å². The normalized spacial score (nSPS) is 35.2. The molecule has 0 aliphatic carbocycles.